The number of ether oxygens (including phenoxy) is 1. The van der Waals surface area contributed by atoms with Crippen LogP contribution in [-0.4, -0.2) is 32.3 Å². The Bertz CT molecular complexity index is 1310. The molecule has 0 aliphatic rings. The monoisotopic (exact) mass is 477 g/mol. The first kappa shape index (κ1) is 24.0. The van der Waals surface area contributed by atoms with Crippen LogP contribution in [0.1, 0.15) is 36.5 Å². The van der Waals surface area contributed by atoms with Crippen LogP contribution in [0.4, 0.5) is 0 Å². The van der Waals surface area contributed by atoms with E-state index in [1.54, 1.807) is 6.07 Å². The molecule has 3 rings (SSSR count). The second kappa shape index (κ2) is 9.44. The highest BCUT2D eigenvalue weighted by Crippen LogP contribution is 2.27. The van der Waals surface area contributed by atoms with E-state index in [0.717, 1.165) is 15.4 Å². The van der Waals surface area contributed by atoms with Crippen molar-refractivity contribution in [2.75, 3.05) is 13.6 Å². The number of benzene rings is 2. The number of sulfonamides is 1. The van der Waals surface area contributed by atoms with Crippen LogP contribution < -0.4 is 5.63 Å². The number of halogens is 1. The lowest BCUT2D eigenvalue weighted by Crippen LogP contribution is -2.33. The molecule has 0 amide bonds. The minimum absolute atomic E-state index is 0.0143. The van der Waals surface area contributed by atoms with E-state index in [2.05, 4.69) is 13.8 Å². The Hall–Kier alpha value is -2.68. The third kappa shape index (κ3) is 5.20. The Kier molecular flexibility index (Phi) is 7.07. The van der Waals surface area contributed by atoms with Crippen LogP contribution in [0, 0.1) is 6.92 Å². The van der Waals surface area contributed by atoms with Gasteiger partial charge in [0.15, 0.2) is 0 Å². The fourth-order valence-electron chi connectivity index (χ4n) is 3.39. The predicted octanol–water partition coefficient (Wildman–Crippen LogP) is 4.24. The maximum atomic E-state index is 12.6. The van der Waals surface area contributed by atoms with Gasteiger partial charge in [-0.05, 0) is 60.4 Å². The van der Waals surface area contributed by atoms with E-state index in [9.17, 15) is 18.0 Å². The van der Waals surface area contributed by atoms with Crippen LogP contribution in [-0.2, 0) is 26.2 Å². The topological polar surface area (TPSA) is 93.9 Å². The Morgan fingerprint density at radius 1 is 1.16 bits per heavy atom. The number of nitrogens with zero attached hydrogens (tertiary/aromatic N) is 1. The highest BCUT2D eigenvalue weighted by molar-refractivity contribution is 7.89. The molecule has 0 aliphatic carbocycles. The lowest BCUT2D eigenvalue weighted by molar-refractivity contribution is -0.144. The quantitative estimate of drug-likeness (QED) is 0.373. The maximum absolute atomic E-state index is 12.6. The largest absolute Gasteiger partial charge is 0.460 e. The van der Waals surface area contributed by atoms with Gasteiger partial charge in [-0.25, -0.2) is 13.2 Å². The molecule has 0 aliphatic heterocycles. The van der Waals surface area contributed by atoms with Crippen LogP contribution in [0.5, 0.6) is 0 Å². The van der Waals surface area contributed by atoms with Crippen molar-refractivity contribution >= 4 is 38.6 Å². The molecule has 0 unspecified atom stereocenters. The van der Waals surface area contributed by atoms with Gasteiger partial charge >= 0.3 is 11.6 Å². The predicted molar refractivity (Wildman–Crippen MR) is 122 cm³/mol. The van der Waals surface area contributed by atoms with Crippen molar-refractivity contribution < 1.29 is 22.4 Å². The first-order valence-electron chi connectivity index (χ1n) is 9.94. The lowest BCUT2D eigenvalue weighted by atomic mass is 9.95. The Balaban J connectivity index is 1.77. The Morgan fingerprint density at radius 3 is 2.44 bits per heavy atom. The van der Waals surface area contributed by atoms with Gasteiger partial charge in [0.25, 0.3) is 0 Å². The Morgan fingerprint density at radius 2 is 1.81 bits per heavy atom. The molecule has 0 saturated heterocycles. The number of hydrogen-bond acceptors (Lipinski definition) is 6. The van der Waals surface area contributed by atoms with Crippen molar-refractivity contribution in [2.45, 2.75) is 38.2 Å². The molecule has 0 atom stereocenters. The standard InChI is InChI=1S/C23H24ClNO6S/c1-14(2)19-11-20-16(10-22(26)31-21(20)9-15(19)3)13-30-23(27)12-25(4)32(28,29)18-7-5-17(24)6-8-18/h5-11,14H,12-13H2,1-4H3. The average Bonchev–Trinajstić information content (AvgIpc) is 2.71. The van der Waals surface area contributed by atoms with E-state index in [4.69, 9.17) is 20.8 Å². The molecule has 2 aromatic carbocycles. The first-order valence-corrected chi connectivity index (χ1v) is 11.8. The molecule has 0 spiro atoms. The summed E-state index contributed by atoms with van der Waals surface area (Å²) in [6, 6.07) is 10.7. The van der Waals surface area contributed by atoms with E-state index in [-0.39, 0.29) is 17.4 Å². The molecule has 0 N–H and O–H groups in total. The summed E-state index contributed by atoms with van der Waals surface area (Å²) in [7, 11) is -2.60. The van der Waals surface area contributed by atoms with Gasteiger partial charge < -0.3 is 9.15 Å². The lowest BCUT2D eigenvalue weighted by Gasteiger charge is -2.17. The van der Waals surface area contributed by atoms with Crippen molar-refractivity contribution in [3.05, 3.63) is 74.6 Å². The summed E-state index contributed by atoms with van der Waals surface area (Å²) < 4.78 is 36.7. The van der Waals surface area contributed by atoms with Gasteiger partial charge in [-0.3, -0.25) is 4.79 Å². The third-order valence-corrected chi connectivity index (χ3v) is 7.17. The molecule has 0 bridgehead atoms. The number of carbonyl (C=O) groups excluding carboxylic acids is 1. The maximum Gasteiger partial charge on any atom is 0.336 e. The number of esters is 1. The van der Waals surface area contributed by atoms with Crippen molar-refractivity contribution in [3.8, 4) is 0 Å². The summed E-state index contributed by atoms with van der Waals surface area (Å²) in [5.74, 6) is -0.490. The molecule has 7 nitrogen and oxygen atoms in total. The molecule has 9 heteroatoms. The summed E-state index contributed by atoms with van der Waals surface area (Å²) in [6.45, 7) is 5.39. The second-order valence-corrected chi connectivity index (χ2v) is 10.3. The minimum Gasteiger partial charge on any atom is -0.460 e. The number of rotatable bonds is 7. The van der Waals surface area contributed by atoms with Crippen LogP contribution >= 0.6 is 11.6 Å². The zero-order valence-corrected chi connectivity index (χ0v) is 19.8. The first-order chi connectivity index (χ1) is 15.0. The zero-order valence-electron chi connectivity index (χ0n) is 18.2. The minimum atomic E-state index is -3.89. The second-order valence-electron chi connectivity index (χ2n) is 7.83. The van der Waals surface area contributed by atoms with Crippen molar-refractivity contribution in [1.82, 2.24) is 4.31 Å². The number of aryl methyl sites for hydroxylation is 1. The SMILES string of the molecule is Cc1cc2oc(=O)cc(COC(=O)CN(C)S(=O)(=O)c3ccc(Cl)cc3)c2cc1C(C)C. The van der Waals surface area contributed by atoms with Gasteiger partial charge in [-0.1, -0.05) is 25.4 Å². The highest BCUT2D eigenvalue weighted by Gasteiger charge is 2.24. The van der Waals surface area contributed by atoms with Crippen molar-refractivity contribution in [2.24, 2.45) is 0 Å². The summed E-state index contributed by atoms with van der Waals surface area (Å²) >= 11 is 5.80. The summed E-state index contributed by atoms with van der Waals surface area (Å²) in [6.07, 6.45) is 0. The fourth-order valence-corrected chi connectivity index (χ4v) is 4.63. The summed E-state index contributed by atoms with van der Waals surface area (Å²) in [4.78, 5) is 24.3. The highest BCUT2D eigenvalue weighted by atomic mass is 35.5. The zero-order chi connectivity index (χ0) is 23.6. The van der Waals surface area contributed by atoms with Gasteiger partial charge in [-0.2, -0.15) is 4.31 Å². The van der Waals surface area contributed by atoms with Crippen LogP contribution in [0.15, 0.2) is 56.6 Å². The molecule has 1 aromatic heterocycles. The van der Waals surface area contributed by atoms with Gasteiger partial charge in [0, 0.05) is 29.1 Å². The number of carbonyl (C=O) groups is 1. The summed E-state index contributed by atoms with van der Waals surface area (Å²) in [5.41, 5.74) is 2.44. The average molecular weight is 478 g/mol. The van der Waals surface area contributed by atoms with Crippen LogP contribution in [0.25, 0.3) is 11.0 Å². The molecular formula is C23H24ClNO6S. The van der Waals surface area contributed by atoms with Crippen molar-refractivity contribution in [1.29, 1.82) is 0 Å². The number of likely N-dealkylation sites (N-methyl/N-ethyl adjacent to an activating group) is 1. The van der Waals surface area contributed by atoms with Crippen LogP contribution in [0.3, 0.4) is 0 Å². The number of hydrogen-bond donors (Lipinski definition) is 0. The Labute approximate surface area is 191 Å². The molecule has 0 fully saturated rings. The molecule has 1 heterocycles. The van der Waals surface area contributed by atoms with Gasteiger partial charge in [0.05, 0.1) is 4.90 Å². The van der Waals surface area contributed by atoms with E-state index in [0.29, 0.717) is 21.6 Å². The van der Waals surface area contributed by atoms with Crippen LogP contribution in [0.2, 0.25) is 5.02 Å². The fraction of sp³-hybridized carbons (Fsp3) is 0.304. The normalized spacial score (nSPS) is 12.0. The summed E-state index contributed by atoms with van der Waals surface area (Å²) in [5, 5.41) is 1.08. The molecule has 170 valence electrons. The van der Waals surface area contributed by atoms with Gasteiger partial charge in [0.2, 0.25) is 10.0 Å². The molecular weight excluding hydrogens is 454 g/mol. The molecule has 32 heavy (non-hydrogen) atoms. The smallest absolute Gasteiger partial charge is 0.336 e. The molecule has 0 saturated carbocycles. The van der Waals surface area contributed by atoms with Gasteiger partial charge in [-0.15, -0.1) is 0 Å². The van der Waals surface area contributed by atoms with E-state index >= 15 is 0 Å². The van der Waals surface area contributed by atoms with E-state index in [1.807, 2.05) is 13.0 Å². The molecule has 3 aromatic rings. The number of fused-ring (bicyclic) bond motifs is 1. The van der Waals surface area contributed by atoms with Gasteiger partial charge in [0.1, 0.15) is 18.7 Å². The van der Waals surface area contributed by atoms with E-state index < -0.39 is 28.2 Å². The van der Waals surface area contributed by atoms with E-state index in [1.165, 1.54) is 37.4 Å². The molecule has 0 radical (unpaired) electrons. The van der Waals surface area contributed by atoms with Crippen molar-refractivity contribution in [3.63, 3.8) is 0 Å². The third-order valence-electron chi connectivity index (χ3n) is 5.10.